The number of fused-ring (bicyclic) bond motifs is 10. The maximum absolute atomic E-state index is 5.44. The van der Waals surface area contributed by atoms with Gasteiger partial charge in [0.15, 0.2) is 0 Å². The van der Waals surface area contributed by atoms with Crippen LogP contribution in [0.1, 0.15) is 0 Å². The van der Waals surface area contributed by atoms with Gasteiger partial charge in [0, 0.05) is 55.2 Å². The number of para-hydroxylation sites is 5. The molecule has 0 bridgehead atoms. The molecule has 0 aliphatic carbocycles. The van der Waals surface area contributed by atoms with Gasteiger partial charge in [-0.1, -0.05) is 115 Å². The largest absolute Gasteiger partial charge is 0.309 e. The predicted octanol–water partition coefficient (Wildman–Crippen LogP) is 12.6. The zero-order chi connectivity index (χ0) is 36.0. The zero-order valence-corrected chi connectivity index (χ0v) is 29.6. The minimum absolute atomic E-state index is 0.873. The van der Waals surface area contributed by atoms with Gasteiger partial charge in [0.25, 0.3) is 0 Å². The molecule has 0 saturated heterocycles. The van der Waals surface area contributed by atoms with Crippen LogP contribution < -0.4 is 0 Å². The minimum Gasteiger partial charge on any atom is -0.309 e. The third-order valence-electron chi connectivity index (χ3n) is 11.3. The minimum atomic E-state index is 0.873. The lowest BCUT2D eigenvalue weighted by molar-refractivity contribution is 1.01. The highest BCUT2D eigenvalue weighted by molar-refractivity contribution is 6.19. The summed E-state index contributed by atoms with van der Waals surface area (Å²) in [5, 5.41) is 8.41. The van der Waals surface area contributed by atoms with E-state index in [-0.39, 0.29) is 0 Å². The second-order valence-corrected chi connectivity index (χ2v) is 14.2. The van der Waals surface area contributed by atoms with E-state index in [1.54, 1.807) is 0 Å². The zero-order valence-electron chi connectivity index (χ0n) is 29.6. The fraction of sp³-hybridized carbons (Fsp3) is 0. The molecule has 0 spiro atoms. The number of nitrogens with zero attached hydrogens (tertiary/aromatic N) is 5. The lowest BCUT2D eigenvalue weighted by atomic mass is 10.0. The summed E-state index contributed by atoms with van der Waals surface area (Å²) in [5.41, 5.74) is 11.2. The lowest BCUT2D eigenvalue weighted by Gasteiger charge is -2.13. The molecule has 55 heavy (non-hydrogen) atoms. The SMILES string of the molecule is c1cc(-c2cccc3cccnc23)cc(-n2c3ccccc3c3cc4c5ccccc5n(-c5cccc(-n6c7ccccc7c7ccccc76)n5)c4cc32)c1. The molecular formula is C50H31N5. The summed E-state index contributed by atoms with van der Waals surface area (Å²) in [7, 11) is 0. The van der Waals surface area contributed by atoms with Gasteiger partial charge >= 0.3 is 0 Å². The van der Waals surface area contributed by atoms with Crippen molar-refractivity contribution in [3.8, 4) is 28.5 Å². The van der Waals surface area contributed by atoms with E-state index in [0.717, 1.165) is 66.9 Å². The monoisotopic (exact) mass is 701 g/mol. The van der Waals surface area contributed by atoms with Gasteiger partial charge in [0.05, 0.1) is 38.6 Å². The number of pyridine rings is 2. The van der Waals surface area contributed by atoms with E-state index in [2.05, 4.69) is 190 Å². The highest BCUT2D eigenvalue weighted by Crippen LogP contribution is 2.40. The first-order chi connectivity index (χ1) is 27.3. The third kappa shape index (κ3) is 4.35. The van der Waals surface area contributed by atoms with Gasteiger partial charge < -0.3 is 4.57 Å². The van der Waals surface area contributed by atoms with Gasteiger partial charge in [-0.15, -0.1) is 0 Å². The molecule has 0 unspecified atom stereocenters. The molecule has 5 aromatic heterocycles. The van der Waals surface area contributed by atoms with Crippen LogP contribution in [0.15, 0.2) is 188 Å². The van der Waals surface area contributed by atoms with E-state index in [0.29, 0.717) is 0 Å². The molecule has 256 valence electrons. The van der Waals surface area contributed by atoms with Crippen molar-refractivity contribution in [2.45, 2.75) is 0 Å². The van der Waals surface area contributed by atoms with Crippen LogP contribution in [0.3, 0.4) is 0 Å². The van der Waals surface area contributed by atoms with Crippen LogP contribution in [0.4, 0.5) is 0 Å². The van der Waals surface area contributed by atoms with Crippen LogP contribution >= 0.6 is 0 Å². The molecule has 0 N–H and O–H groups in total. The summed E-state index contributed by atoms with van der Waals surface area (Å²) in [6, 6.07) is 65.2. The molecular weight excluding hydrogens is 671 g/mol. The van der Waals surface area contributed by atoms with Gasteiger partial charge in [0.2, 0.25) is 0 Å². The average molecular weight is 702 g/mol. The number of rotatable bonds is 4. The van der Waals surface area contributed by atoms with Crippen molar-refractivity contribution >= 4 is 76.3 Å². The van der Waals surface area contributed by atoms with Crippen LogP contribution in [-0.2, 0) is 0 Å². The van der Waals surface area contributed by atoms with Crippen molar-refractivity contribution in [3.05, 3.63) is 188 Å². The first kappa shape index (κ1) is 30.0. The molecule has 7 aromatic carbocycles. The number of hydrogen-bond acceptors (Lipinski definition) is 2. The van der Waals surface area contributed by atoms with Crippen LogP contribution in [0.2, 0.25) is 0 Å². The van der Waals surface area contributed by atoms with Crippen molar-refractivity contribution in [1.29, 1.82) is 0 Å². The van der Waals surface area contributed by atoms with E-state index in [1.165, 1.54) is 37.8 Å². The molecule has 0 fully saturated rings. The molecule has 12 aromatic rings. The van der Waals surface area contributed by atoms with E-state index in [9.17, 15) is 0 Å². The molecule has 0 saturated carbocycles. The summed E-state index contributed by atoms with van der Waals surface area (Å²) in [6.45, 7) is 0. The Morgan fingerprint density at radius 3 is 1.51 bits per heavy atom. The molecule has 5 nitrogen and oxygen atoms in total. The summed E-state index contributed by atoms with van der Waals surface area (Å²) < 4.78 is 7.04. The van der Waals surface area contributed by atoms with Gasteiger partial charge in [-0.05, 0) is 72.3 Å². The van der Waals surface area contributed by atoms with Gasteiger partial charge in [-0.3, -0.25) is 14.1 Å². The molecule has 5 heteroatoms. The van der Waals surface area contributed by atoms with Crippen LogP contribution in [-0.4, -0.2) is 23.7 Å². The van der Waals surface area contributed by atoms with Crippen LogP contribution in [0.25, 0.3) is 105 Å². The quantitative estimate of drug-likeness (QED) is 0.183. The second kappa shape index (κ2) is 11.5. The maximum atomic E-state index is 5.44. The van der Waals surface area contributed by atoms with E-state index < -0.39 is 0 Å². The van der Waals surface area contributed by atoms with Crippen LogP contribution in [0.5, 0.6) is 0 Å². The Labute approximate surface area is 315 Å². The Kier molecular flexibility index (Phi) is 6.27. The average Bonchev–Trinajstić information content (AvgIpc) is 3.88. The fourth-order valence-electron chi connectivity index (χ4n) is 8.94. The summed E-state index contributed by atoms with van der Waals surface area (Å²) >= 11 is 0. The van der Waals surface area contributed by atoms with E-state index in [4.69, 9.17) is 9.97 Å². The van der Waals surface area contributed by atoms with Gasteiger partial charge in [-0.2, -0.15) is 0 Å². The van der Waals surface area contributed by atoms with Crippen molar-refractivity contribution in [2.24, 2.45) is 0 Å². The lowest BCUT2D eigenvalue weighted by Crippen LogP contribution is -2.03. The molecule has 5 heterocycles. The van der Waals surface area contributed by atoms with Crippen molar-refractivity contribution in [3.63, 3.8) is 0 Å². The Morgan fingerprint density at radius 1 is 0.345 bits per heavy atom. The summed E-state index contributed by atoms with van der Waals surface area (Å²) in [5.74, 6) is 1.76. The highest BCUT2D eigenvalue weighted by atomic mass is 15.1. The number of aromatic nitrogens is 5. The standard InChI is InChI=1S/C50H31N5/c1-6-23-43-36(17-1)37-18-2-7-24-44(37)54(43)48-26-11-27-49(52-48)55-45-25-8-4-20-39(45)41-30-40-38-19-3-5-22-42(38)53(46(40)31-47(41)55)34-16-9-14-33(29-34)35-21-10-13-32-15-12-28-51-50(32)35/h1-31H. The Hall–Kier alpha value is -7.50. The molecule has 0 aliphatic heterocycles. The Bertz CT molecular complexity index is 3450. The highest BCUT2D eigenvalue weighted by Gasteiger charge is 2.20. The van der Waals surface area contributed by atoms with Gasteiger partial charge in [0.1, 0.15) is 11.6 Å². The first-order valence-electron chi connectivity index (χ1n) is 18.7. The number of benzene rings is 7. The Balaban J connectivity index is 1.12. The predicted molar refractivity (Wildman–Crippen MR) is 228 cm³/mol. The van der Waals surface area contributed by atoms with E-state index in [1.807, 2.05) is 12.3 Å². The van der Waals surface area contributed by atoms with Crippen molar-refractivity contribution < 1.29 is 0 Å². The first-order valence-corrected chi connectivity index (χ1v) is 18.7. The molecule has 12 rings (SSSR count). The third-order valence-corrected chi connectivity index (χ3v) is 11.3. The second-order valence-electron chi connectivity index (χ2n) is 14.2. The summed E-state index contributed by atoms with van der Waals surface area (Å²) in [6.07, 6.45) is 1.88. The van der Waals surface area contributed by atoms with Crippen molar-refractivity contribution in [2.75, 3.05) is 0 Å². The number of hydrogen-bond donors (Lipinski definition) is 0. The smallest absolute Gasteiger partial charge is 0.140 e. The summed E-state index contributed by atoms with van der Waals surface area (Å²) in [4.78, 5) is 10.2. The molecule has 0 radical (unpaired) electrons. The molecule has 0 atom stereocenters. The van der Waals surface area contributed by atoms with Crippen LogP contribution in [0, 0.1) is 0 Å². The van der Waals surface area contributed by atoms with Crippen molar-refractivity contribution in [1.82, 2.24) is 23.7 Å². The Morgan fingerprint density at radius 2 is 0.855 bits per heavy atom. The fourth-order valence-corrected chi connectivity index (χ4v) is 8.94. The maximum Gasteiger partial charge on any atom is 0.140 e. The normalized spacial score (nSPS) is 12.0. The van der Waals surface area contributed by atoms with E-state index >= 15 is 0 Å². The molecule has 0 amide bonds. The topological polar surface area (TPSA) is 40.6 Å². The van der Waals surface area contributed by atoms with Gasteiger partial charge in [-0.25, -0.2) is 4.98 Å². The molecule has 0 aliphatic rings.